The standard InChI is InChI=1S/C20H25ClO/c1-2-22-19-12-8-17(9-13-19)20(14-4-3-5-15-20)16-6-10-18(21)11-7-16/h6-10,12-13,18H,2-5,11,14-15H2,1H3. The Morgan fingerprint density at radius 1 is 1.14 bits per heavy atom. The SMILES string of the molecule is CCOc1ccc(C2(C3=CCC(Cl)C=C3)CCCCC2)cc1. The molecule has 1 aromatic carbocycles. The van der Waals surface area contributed by atoms with Crippen molar-refractivity contribution in [3.8, 4) is 5.75 Å². The van der Waals surface area contributed by atoms with Crippen LogP contribution in [-0.2, 0) is 5.41 Å². The summed E-state index contributed by atoms with van der Waals surface area (Å²) in [7, 11) is 0. The second kappa shape index (κ2) is 6.91. The highest BCUT2D eigenvalue weighted by Gasteiger charge is 2.37. The largest absolute Gasteiger partial charge is 0.494 e. The molecule has 1 saturated carbocycles. The Labute approximate surface area is 139 Å². The quantitative estimate of drug-likeness (QED) is 0.640. The third-order valence-corrected chi connectivity index (χ3v) is 5.35. The fraction of sp³-hybridized carbons (Fsp3) is 0.500. The van der Waals surface area contributed by atoms with Gasteiger partial charge in [0.25, 0.3) is 0 Å². The number of hydrogen-bond donors (Lipinski definition) is 0. The van der Waals surface area contributed by atoms with Crippen LogP contribution in [0.15, 0.2) is 48.1 Å². The smallest absolute Gasteiger partial charge is 0.119 e. The van der Waals surface area contributed by atoms with Crippen molar-refractivity contribution in [1.82, 2.24) is 0 Å². The molecule has 0 heterocycles. The van der Waals surface area contributed by atoms with Gasteiger partial charge in [0, 0.05) is 5.41 Å². The van der Waals surface area contributed by atoms with Gasteiger partial charge in [-0.15, -0.1) is 11.6 Å². The minimum Gasteiger partial charge on any atom is -0.494 e. The van der Waals surface area contributed by atoms with Crippen LogP contribution in [0, 0.1) is 0 Å². The van der Waals surface area contributed by atoms with Crippen LogP contribution in [0.1, 0.15) is 51.0 Å². The van der Waals surface area contributed by atoms with Crippen molar-refractivity contribution in [2.75, 3.05) is 6.61 Å². The zero-order valence-electron chi connectivity index (χ0n) is 13.4. The molecule has 2 heteroatoms. The van der Waals surface area contributed by atoms with Crippen LogP contribution in [0.4, 0.5) is 0 Å². The summed E-state index contributed by atoms with van der Waals surface area (Å²) in [5, 5.41) is 0.157. The summed E-state index contributed by atoms with van der Waals surface area (Å²) in [5.74, 6) is 0.964. The molecule has 0 aliphatic heterocycles. The van der Waals surface area contributed by atoms with E-state index in [9.17, 15) is 0 Å². The second-order valence-corrected chi connectivity index (χ2v) is 6.93. The van der Waals surface area contributed by atoms with Gasteiger partial charge in [-0.2, -0.15) is 0 Å². The van der Waals surface area contributed by atoms with Crippen LogP contribution in [-0.4, -0.2) is 12.0 Å². The predicted molar refractivity (Wildman–Crippen MR) is 93.9 cm³/mol. The lowest BCUT2D eigenvalue weighted by Gasteiger charge is -2.40. The van der Waals surface area contributed by atoms with Gasteiger partial charge in [0.05, 0.1) is 12.0 Å². The second-order valence-electron chi connectivity index (χ2n) is 6.37. The summed E-state index contributed by atoms with van der Waals surface area (Å²) in [6.45, 7) is 2.74. The van der Waals surface area contributed by atoms with Gasteiger partial charge in [-0.1, -0.05) is 49.6 Å². The van der Waals surface area contributed by atoms with Crippen LogP contribution >= 0.6 is 11.6 Å². The highest BCUT2D eigenvalue weighted by Crippen LogP contribution is 2.47. The van der Waals surface area contributed by atoms with Crippen molar-refractivity contribution in [1.29, 1.82) is 0 Å². The molecule has 1 atom stereocenters. The Kier molecular flexibility index (Phi) is 4.93. The summed E-state index contributed by atoms with van der Waals surface area (Å²) in [4.78, 5) is 0. The third-order valence-electron chi connectivity index (χ3n) is 5.03. The molecule has 0 saturated heterocycles. The van der Waals surface area contributed by atoms with Gasteiger partial charge in [-0.05, 0) is 49.5 Å². The molecule has 2 aliphatic carbocycles. The number of halogens is 1. The van der Waals surface area contributed by atoms with Crippen LogP contribution in [0.25, 0.3) is 0 Å². The van der Waals surface area contributed by atoms with Crippen molar-refractivity contribution in [3.63, 3.8) is 0 Å². The van der Waals surface area contributed by atoms with Crippen LogP contribution in [0.2, 0.25) is 0 Å². The Hall–Kier alpha value is -1.21. The molecular formula is C20H25ClO. The number of allylic oxidation sites excluding steroid dienone is 4. The van der Waals surface area contributed by atoms with Gasteiger partial charge in [0.2, 0.25) is 0 Å². The third kappa shape index (κ3) is 3.10. The number of rotatable bonds is 4. The lowest BCUT2D eigenvalue weighted by molar-refractivity contribution is 0.335. The molecule has 1 fully saturated rings. The van der Waals surface area contributed by atoms with Crippen LogP contribution in [0.5, 0.6) is 5.75 Å². The Balaban J connectivity index is 1.94. The Morgan fingerprint density at radius 2 is 1.86 bits per heavy atom. The minimum absolute atomic E-state index is 0.157. The fourth-order valence-electron chi connectivity index (χ4n) is 3.89. The normalized spacial score (nSPS) is 23.9. The maximum atomic E-state index is 6.22. The van der Waals surface area contributed by atoms with Crippen molar-refractivity contribution in [3.05, 3.63) is 53.6 Å². The molecule has 1 aromatic rings. The van der Waals surface area contributed by atoms with Crippen molar-refractivity contribution in [2.45, 2.75) is 56.2 Å². The van der Waals surface area contributed by atoms with Gasteiger partial charge in [0.15, 0.2) is 0 Å². The summed E-state index contributed by atoms with van der Waals surface area (Å²) in [6.07, 6.45) is 14.2. The van der Waals surface area contributed by atoms with Gasteiger partial charge >= 0.3 is 0 Å². The molecular weight excluding hydrogens is 292 g/mol. The van der Waals surface area contributed by atoms with Gasteiger partial charge in [-0.3, -0.25) is 0 Å². The predicted octanol–water partition coefficient (Wildman–Crippen LogP) is 5.78. The van der Waals surface area contributed by atoms with E-state index in [1.807, 2.05) is 6.92 Å². The summed E-state index contributed by atoms with van der Waals surface area (Å²) < 4.78 is 5.59. The maximum Gasteiger partial charge on any atom is 0.119 e. The van der Waals surface area contributed by atoms with E-state index in [1.165, 1.54) is 43.2 Å². The monoisotopic (exact) mass is 316 g/mol. The van der Waals surface area contributed by atoms with E-state index in [0.717, 1.165) is 18.8 Å². The number of ether oxygens (including phenoxy) is 1. The first-order valence-corrected chi connectivity index (χ1v) is 8.94. The molecule has 0 radical (unpaired) electrons. The molecule has 0 bridgehead atoms. The zero-order chi connectivity index (χ0) is 15.4. The topological polar surface area (TPSA) is 9.23 Å². The van der Waals surface area contributed by atoms with E-state index < -0.39 is 0 Å². The van der Waals surface area contributed by atoms with E-state index >= 15 is 0 Å². The highest BCUT2D eigenvalue weighted by molar-refractivity contribution is 6.22. The molecule has 1 nitrogen and oxygen atoms in total. The minimum atomic E-state index is 0.157. The maximum absolute atomic E-state index is 6.22. The molecule has 2 aliphatic rings. The summed E-state index contributed by atoms with van der Waals surface area (Å²) in [6, 6.07) is 8.76. The molecule has 22 heavy (non-hydrogen) atoms. The Bertz CT molecular complexity index is 550. The summed E-state index contributed by atoms with van der Waals surface area (Å²) >= 11 is 6.22. The highest BCUT2D eigenvalue weighted by atomic mass is 35.5. The molecule has 0 amide bonds. The average molecular weight is 317 g/mol. The van der Waals surface area contributed by atoms with E-state index in [4.69, 9.17) is 16.3 Å². The molecule has 1 unspecified atom stereocenters. The average Bonchev–Trinajstić information content (AvgIpc) is 2.57. The molecule has 3 rings (SSSR count). The first kappa shape index (κ1) is 15.7. The summed E-state index contributed by atoms with van der Waals surface area (Å²) in [5.41, 5.74) is 3.07. The van der Waals surface area contributed by atoms with E-state index in [2.05, 4.69) is 42.5 Å². The lowest BCUT2D eigenvalue weighted by Crippen LogP contribution is -2.31. The first-order chi connectivity index (χ1) is 10.7. The van der Waals surface area contributed by atoms with Crippen molar-refractivity contribution in [2.24, 2.45) is 0 Å². The van der Waals surface area contributed by atoms with Crippen LogP contribution < -0.4 is 4.74 Å². The van der Waals surface area contributed by atoms with Gasteiger partial charge in [0.1, 0.15) is 5.75 Å². The van der Waals surface area contributed by atoms with E-state index in [0.29, 0.717) is 0 Å². The molecule has 0 N–H and O–H groups in total. The molecule has 0 aromatic heterocycles. The number of alkyl halides is 1. The number of hydrogen-bond acceptors (Lipinski definition) is 1. The van der Waals surface area contributed by atoms with E-state index in [-0.39, 0.29) is 10.8 Å². The number of benzene rings is 1. The molecule has 0 spiro atoms. The zero-order valence-corrected chi connectivity index (χ0v) is 14.1. The van der Waals surface area contributed by atoms with Crippen molar-refractivity contribution >= 4 is 11.6 Å². The van der Waals surface area contributed by atoms with Crippen molar-refractivity contribution < 1.29 is 4.74 Å². The fourth-order valence-corrected chi connectivity index (χ4v) is 4.05. The van der Waals surface area contributed by atoms with E-state index in [1.54, 1.807) is 0 Å². The van der Waals surface area contributed by atoms with Gasteiger partial charge in [-0.25, -0.2) is 0 Å². The van der Waals surface area contributed by atoms with Gasteiger partial charge < -0.3 is 4.74 Å². The lowest BCUT2D eigenvalue weighted by atomic mass is 9.64. The molecule has 118 valence electrons. The Morgan fingerprint density at radius 3 is 2.45 bits per heavy atom. The van der Waals surface area contributed by atoms with Crippen LogP contribution in [0.3, 0.4) is 0 Å². The first-order valence-electron chi connectivity index (χ1n) is 8.51.